The van der Waals surface area contributed by atoms with Crippen LogP contribution in [0.4, 0.5) is 0 Å². The molecule has 1 heterocycles. The zero-order chi connectivity index (χ0) is 15.2. The first-order chi connectivity index (χ1) is 10.1. The maximum Gasteiger partial charge on any atom is 0.237 e. The van der Waals surface area contributed by atoms with E-state index in [4.69, 9.17) is 4.74 Å². The molecule has 4 heteroatoms. The first-order valence-electron chi connectivity index (χ1n) is 8.41. The van der Waals surface area contributed by atoms with Crippen LogP contribution >= 0.6 is 0 Å². The molecule has 1 N–H and O–H groups in total. The molecule has 0 aromatic heterocycles. The van der Waals surface area contributed by atoms with E-state index in [1.165, 1.54) is 31.3 Å². The Bertz CT molecular complexity index is 371. The van der Waals surface area contributed by atoms with Gasteiger partial charge in [0.15, 0.2) is 0 Å². The van der Waals surface area contributed by atoms with E-state index in [1.54, 1.807) is 0 Å². The third kappa shape index (κ3) is 5.11. The molecule has 0 radical (unpaired) electrons. The molecular weight excluding hydrogens is 264 g/mol. The molecule has 0 bridgehead atoms. The van der Waals surface area contributed by atoms with Gasteiger partial charge < -0.3 is 10.1 Å². The highest BCUT2D eigenvalue weighted by molar-refractivity contribution is 5.81. The molecule has 1 fully saturated rings. The quantitative estimate of drug-likeness (QED) is 0.792. The smallest absolute Gasteiger partial charge is 0.237 e. The zero-order valence-corrected chi connectivity index (χ0v) is 13.7. The molecule has 1 saturated heterocycles. The van der Waals surface area contributed by atoms with Crippen LogP contribution in [0.25, 0.3) is 0 Å². The lowest BCUT2D eigenvalue weighted by Gasteiger charge is -2.38. The van der Waals surface area contributed by atoms with Gasteiger partial charge in [0.1, 0.15) is 0 Å². The fraction of sp³-hybridized carbons (Fsp3) is 0.824. The molecular formula is C17H30N2O2. The molecule has 120 valence electrons. The Labute approximate surface area is 128 Å². The van der Waals surface area contributed by atoms with E-state index in [-0.39, 0.29) is 24.2 Å². The van der Waals surface area contributed by atoms with Gasteiger partial charge in [-0.05, 0) is 52.9 Å². The van der Waals surface area contributed by atoms with Crippen molar-refractivity contribution in [3.05, 3.63) is 11.6 Å². The maximum atomic E-state index is 12.3. The first kappa shape index (κ1) is 16.5. The second-order valence-corrected chi connectivity index (χ2v) is 6.54. The fourth-order valence-corrected chi connectivity index (χ4v) is 3.33. The van der Waals surface area contributed by atoms with Crippen LogP contribution in [-0.4, -0.2) is 48.7 Å². The number of morpholine rings is 1. The van der Waals surface area contributed by atoms with E-state index >= 15 is 0 Å². The predicted molar refractivity (Wildman–Crippen MR) is 85.2 cm³/mol. The summed E-state index contributed by atoms with van der Waals surface area (Å²) >= 11 is 0. The number of nitrogens with one attached hydrogen (secondary N) is 1. The SMILES string of the molecule is CC1CN(C(C)C(=O)NCCC2=CCCCC2)CC(C)O1. The number of hydrogen-bond donors (Lipinski definition) is 1. The summed E-state index contributed by atoms with van der Waals surface area (Å²) in [5, 5.41) is 3.09. The minimum Gasteiger partial charge on any atom is -0.373 e. The molecule has 3 atom stereocenters. The second-order valence-electron chi connectivity index (χ2n) is 6.54. The Morgan fingerprint density at radius 2 is 2.10 bits per heavy atom. The van der Waals surface area contributed by atoms with E-state index in [0.29, 0.717) is 0 Å². The van der Waals surface area contributed by atoms with E-state index < -0.39 is 0 Å². The van der Waals surface area contributed by atoms with Gasteiger partial charge in [0.2, 0.25) is 5.91 Å². The molecule has 0 spiro atoms. The molecule has 2 rings (SSSR count). The van der Waals surface area contributed by atoms with Crippen LogP contribution in [0.15, 0.2) is 11.6 Å². The maximum absolute atomic E-state index is 12.3. The fourth-order valence-electron chi connectivity index (χ4n) is 3.33. The van der Waals surface area contributed by atoms with Crippen LogP contribution in [-0.2, 0) is 9.53 Å². The number of carbonyl (C=O) groups is 1. The van der Waals surface area contributed by atoms with Gasteiger partial charge in [0.25, 0.3) is 0 Å². The average Bonchev–Trinajstić information content (AvgIpc) is 2.46. The Morgan fingerprint density at radius 3 is 2.71 bits per heavy atom. The number of amides is 1. The number of hydrogen-bond acceptors (Lipinski definition) is 3. The molecule has 0 saturated carbocycles. The average molecular weight is 294 g/mol. The van der Waals surface area contributed by atoms with Crippen LogP contribution in [0.1, 0.15) is 52.9 Å². The summed E-state index contributed by atoms with van der Waals surface area (Å²) in [7, 11) is 0. The normalized spacial score (nSPS) is 28.8. The van der Waals surface area contributed by atoms with Crippen LogP contribution in [0.3, 0.4) is 0 Å². The minimum atomic E-state index is -0.0702. The molecule has 0 aromatic carbocycles. The Balaban J connectivity index is 1.73. The molecule has 2 aliphatic rings. The van der Waals surface area contributed by atoms with E-state index in [0.717, 1.165) is 26.1 Å². The van der Waals surface area contributed by atoms with Crippen molar-refractivity contribution in [2.24, 2.45) is 0 Å². The summed E-state index contributed by atoms with van der Waals surface area (Å²) in [6.45, 7) is 8.59. The molecule has 21 heavy (non-hydrogen) atoms. The lowest BCUT2D eigenvalue weighted by atomic mass is 9.97. The highest BCUT2D eigenvalue weighted by Gasteiger charge is 2.28. The molecule has 1 aliphatic carbocycles. The third-order valence-electron chi connectivity index (χ3n) is 4.51. The number of ether oxygens (including phenoxy) is 1. The second kappa shape index (κ2) is 7.95. The van der Waals surface area contributed by atoms with Crippen molar-refractivity contribution < 1.29 is 9.53 Å². The molecule has 3 unspecified atom stereocenters. The minimum absolute atomic E-state index is 0.0702. The molecule has 0 aromatic rings. The predicted octanol–water partition coefficient (Wildman–Crippen LogP) is 2.49. The van der Waals surface area contributed by atoms with Crippen LogP contribution in [0.5, 0.6) is 0 Å². The number of allylic oxidation sites excluding steroid dienone is 1. The molecule has 4 nitrogen and oxygen atoms in total. The van der Waals surface area contributed by atoms with Gasteiger partial charge in [0, 0.05) is 19.6 Å². The van der Waals surface area contributed by atoms with Crippen LogP contribution < -0.4 is 5.32 Å². The Hall–Kier alpha value is -0.870. The first-order valence-corrected chi connectivity index (χ1v) is 8.41. The number of carbonyl (C=O) groups excluding carboxylic acids is 1. The summed E-state index contributed by atoms with van der Waals surface area (Å²) in [5.41, 5.74) is 1.52. The summed E-state index contributed by atoms with van der Waals surface area (Å²) < 4.78 is 5.73. The van der Waals surface area contributed by atoms with Crippen LogP contribution in [0, 0.1) is 0 Å². The van der Waals surface area contributed by atoms with Gasteiger partial charge in [-0.2, -0.15) is 0 Å². The lowest BCUT2D eigenvalue weighted by molar-refractivity contribution is -0.131. The van der Waals surface area contributed by atoms with Crippen molar-refractivity contribution >= 4 is 5.91 Å². The Morgan fingerprint density at radius 1 is 1.38 bits per heavy atom. The largest absolute Gasteiger partial charge is 0.373 e. The summed E-state index contributed by atoms with van der Waals surface area (Å²) in [5.74, 6) is 0.146. The van der Waals surface area contributed by atoms with Crippen molar-refractivity contribution in [1.29, 1.82) is 0 Å². The van der Waals surface area contributed by atoms with Gasteiger partial charge >= 0.3 is 0 Å². The van der Waals surface area contributed by atoms with Crippen molar-refractivity contribution in [3.8, 4) is 0 Å². The number of nitrogens with zero attached hydrogens (tertiary/aromatic N) is 1. The van der Waals surface area contributed by atoms with Gasteiger partial charge in [-0.25, -0.2) is 0 Å². The molecule has 1 amide bonds. The van der Waals surface area contributed by atoms with Gasteiger partial charge in [-0.15, -0.1) is 0 Å². The van der Waals surface area contributed by atoms with Gasteiger partial charge in [0.05, 0.1) is 18.2 Å². The van der Waals surface area contributed by atoms with E-state index in [2.05, 4.69) is 30.1 Å². The van der Waals surface area contributed by atoms with Crippen molar-refractivity contribution in [3.63, 3.8) is 0 Å². The summed E-state index contributed by atoms with van der Waals surface area (Å²) in [4.78, 5) is 14.5. The highest BCUT2D eigenvalue weighted by atomic mass is 16.5. The van der Waals surface area contributed by atoms with E-state index in [9.17, 15) is 4.79 Å². The third-order valence-corrected chi connectivity index (χ3v) is 4.51. The van der Waals surface area contributed by atoms with Crippen molar-refractivity contribution in [2.45, 2.75) is 71.1 Å². The van der Waals surface area contributed by atoms with Crippen molar-refractivity contribution in [1.82, 2.24) is 10.2 Å². The van der Waals surface area contributed by atoms with Crippen LogP contribution in [0.2, 0.25) is 0 Å². The lowest BCUT2D eigenvalue weighted by Crippen LogP contribution is -2.54. The summed E-state index contributed by atoms with van der Waals surface area (Å²) in [6.07, 6.45) is 8.82. The van der Waals surface area contributed by atoms with Crippen molar-refractivity contribution in [2.75, 3.05) is 19.6 Å². The topological polar surface area (TPSA) is 41.6 Å². The number of rotatable bonds is 5. The summed E-state index contributed by atoms with van der Waals surface area (Å²) in [6, 6.07) is -0.0702. The monoisotopic (exact) mass is 294 g/mol. The molecule has 1 aliphatic heterocycles. The zero-order valence-electron chi connectivity index (χ0n) is 13.7. The Kier molecular flexibility index (Phi) is 6.24. The highest BCUT2D eigenvalue weighted by Crippen LogP contribution is 2.19. The van der Waals surface area contributed by atoms with Gasteiger partial charge in [-0.3, -0.25) is 9.69 Å². The van der Waals surface area contributed by atoms with Gasteiger partial charge in [-0.1, -0.05) is 11.6 Å². The standard InChI is InChI=1S/C17H30N2O2/c1-13-11-19(12-14(2)21-13)15(3)17(20)18-10-9-16-7-5-4-6-8-16/h7,13-15H,4-6,8-12H2,1-3H3,(H,18,20). The van der Waals surface area contributed by atoms with E-state index in [1.807, 2.05) is 6.92 Å².